The number of hydrogen-bond acceptors (Lipinski definition) is 7. The highest BCUT2D eigenvalue weighted by molar-refractivity contribution is 7.99. The van der Waals surface area contributed by atoms with Gasteiger partial charge >= 0.3 is 5.97 Å². The maximum atomic E-state index is 12.1. The highest BCUT2D eigenvalue weighted by atomic mass is 32.2. The first kappa shape index (κ1) is 30.6. The van der Waals surface area contributed by atoms with Crippen molar-refractivity contribution in [3.63, 3.8) is 0 Å². The van der Waals surface area contributed by atoms with Gasteiger partial charge in [0.15, 0.2) is 6.29 Å². The Morgan fingerprint density at radius 2 is 1.61 bits per heavy atom. The minimum absolute atomic E-state index is 0.00671. The second-order valence-electron chi connectivity index (χ2n) is 9.93. The monoisotopic (exact) mass is 579 g/mol. The maximum absolute atomic E-state index is 12.1. The number of carboxylic acid groups (broad SMARTS) is 1. The molecule has 3 aromatic rings. The first-order valence-electron chi connectivity index (χ1n) is 13.8. The SMILES string of the molecule is COc1ccccc1SC[C@H]1C[C@@H](c2ccc(CO)cc2)O[C@@H](c2ccc(CNC(=O)CCCCC(=O)O)cc2)O1. The third-order valence-electron chi connectivity index (χ3n) is 6.89. The predicted molar refractivity (Wildman–Crippen MR) is 157 cm³/mol. The molecule has 4 rings (SSSR count). The lowest BCUT2D eigenvalue weighted by molar-refractivity contribution is -0.245. The van der Waals surface area contributed by atoms with E-state index in [1.807, 2.05) is 72.8 Å². The van der Waals surface area contributed by atoms with E-state index in [1.54, 1.807) is 18.9 Å². The highest BCUT2D eigenvalue weighted by Gasteiger charge is 2.32. The molecule has 0 aliphatic carbocycles. The number of thioether (sulfide) groups is 1. The van der Waals surface area contributed by atoms with Crippen LogP contribution in [0.5, 0.6) is 5.75 Å². The van der Waals surface area contributed by atoms with Crippen LogP contribution in [0, 0.1) is 0 Å². The van der Waals surface area contributed by atoms with E-state index in [1.165, 1.54) is 0 Å². The fraction of sp³-hybridized carbons (Fsp3) is 0.375. The minimum Gasteiger partial charge on any atom is -0.496 e. The first-order chi connectivity index (χ1) is 19.9. The Labute approximate surface area is 245 Å². The van der Waals surface area contributed by atoms with Gasteiger partial charge in [0.05, 0.1) is 25.9 Å². The zero-order valence-electron chi connectivity index (χ0n) is 23.2. The number of methoxy groups -OCH3 is 1. The number of carboxylic acids is 1. The van der Waals surface area contributed by atoms with E-state index >= 15 is 0 Å². The summed E-state index contributed by atoms with van der Waals surface area (Å²) in [5, 5.41) is 21.1. The summed E-state index contributed by atoms with van der Waals surface area (Å²) < 4.78 is 18.4. The van der Waals surface area contributed by atoms with Gasteiger partial charge in [-0.2, -0.15) is 0 Å². The molecule has 0 saturated carbocycles. The van der Waals surface area contributed by atoms with Crippen molar-refractivity contribution in [3.8, 4) is 5.75 Å². The number of hydrogen-bond donors (Lipinski definition) is 3. The van der Waals surface area contributed by atoms with E-state index in [9.17, 15) is 14.7 Å². The van der Waals surface area contributed by atoms with E-state index in [-0.39, 0.29) is 31.1 Å². The van der Waals surface area contributed by atoms with Crippen LogP contribution in [0.4, 0.5) is 0 Å². The molecule has 8 nitrogen and oxygen atoms in total. The van der Waals surface area contributed by atoms with Gasteiger partial charge in [0, 0.05) is 42.0 Å². The Morgan fingerprint density at radius 3 is 2.32 bits per heavy atom. The number of nitrogens with one attached hydrogen (secondary N) is 1. The van der Waals surface area contributed by atoms with Gasteiger partial charge in [-0.3, -0.25) is 9.59 Å². The molecular formula is C32H37NO7S. The molecule has 1 amide bonds. The highest BCUT2D eigenvalue weighted by Crippen LogP contribution is 2.40. The first-order valence-corrected chi connectivity index (χ1v) is 14.8. The molecule has 0 spiro atoms. The van der Waals surface area contributed by atoms with E-state index < -0.39 is 12.3 Å². The van der Waals surface area contributed by atoms with Gasteiger partial charge in [0.2, 0.25) is 5.91 Å². The molecule has 41 heavy (non-hydrogen) atoms. The van der Waals surface area contributed by atoms with Crippen molar-refractivity contribution < 1.29 is 34.0 Å². The molecule has 1 heterocycles. The van der Waals surface area contributed by atoms with Crippen molar-refractivity contribution in [2.75, 3.05) is 12.9 Å². The summed E-state index contributed by atoms with van der Waals surface area (Å²) in [4.78, 5) is 23.8. The Morgan fingerprint density at radius 1 is 0.927 bits per heavy atom. The summed E-state index contributed by atoms with van der Waals surface area (Å²) in [5.74, 6) is 0.620. The van der Waals surface area contributed by atoms with E-state index in [0.29, 0.717) is 32.2 Å². The standard InChI is InChI=1S/C32H37NO7S/c1-38-27-6-2-3-7-29(27)41-21-26-18-28(24-14-12-23(20-34)13-15-24)40-32(39-26)25-16-10-22(11-17-25)19-33-30(35)8-4-5-9-31(36)37/h2-3,6-7,10-17,26,28,32,34H,4-5,8-9,18-21H2,1H3,(H,33,35)(H,36,37)/t26-,28+,32+/m1/s1. The molecule has 3 atom stereocenters. The van der Waals surface area contributed by atoms with Crippen LogP contribution in [0.15, 0.2) is 77.7 Å². The third-order valence-corrected chi connectivity index (χ3v) is 8.08. The molecular weight excluding hydrogens is 542 g/mol. The Balaban J connectivity index is 1.40. The molecule has 0 unspecified atom stereocenters. The molecule has 3 N–H and O–H groups in total. The Kier molecular flexibility index (Phi) is 11.6. The summed E-state index contributed by atoms with van der Waals surface area (Å²) in [6.45, 7) is 0.385. The molecule has 0 radical (unpaired) electrons. The molecule has 9 heteroatoms. The number of carbonyl (C=O) groups excluding carboxylic acids is 1. The predicted octanol–water partition coefficient (Wildman–Crippen LogP) is 5.79. The van der Waals surface area contributed by atoms with Crippen LogP contribution >= 0.6 is 11.8 Å². The Bertz CT molecular complexity index is 1270. The van der Waals surface area contributed by atoms with Crippen molar-refractivity contribution >= 4 is 23.6 Å². The minimum atomic E-state index is -0.844. The van der Waals surface area contributed by atoms with E-state index in [2.05, 4.69) is 5.32 Å². The largest absolute Gasteiger partial charge is 0.496 e. The number of benzene rings is 3. The lowest BCUT2D eigenvalue weighted by Gasteiger charge is -2.36. The molecule has 3 aromatic carbocycles. The van der Waals surface area contributed by atoms with Crippen molar-refractivity contribution in [2.24, 2.45) is 0 Å². The molecule has 0 aromatic heterocycles. The number of aliphatic carboxylic acids is 1. The third kappa shape index (κ3) is 9.33. The van der Waals surface area contributed by atoms with Gasteiger partial charge in [0.1, 0.15) is 5.75 Å². The smallest absolute Gasteiger partial charge is 0.303 e. The van der Waals surface area contributed by atoms with Gasteiger partial charge in [-0.05, 0) is 41.7 Å². The lowest BCUT2D eigenvalue weighted by Crippen LogP contribution is -2.31. The van der Waals surface area contributed by atoms with E-state index in [0.717, 1.165) is 38.7 Å². The van der Waals surface area contributed by atoms with Crippen LogP contribution in [0.3, 0.4) is 0 Å². The maximum Gasteiger partial charge on any atom is 0.303 e. The van der Waals surface area contributed by atoms with Crippen LogP contribution in [-0.2, 0) is 32.2 Å². The molecule has 1 aliphatic rings. The molecule has 0 bridgehead atoms. The average Bonchev–Trinajstić information content (AvgIpc) is 3.01. The van der Waals surface area contributed by atoms with Gasteiger partial charge in [-0.1, -0.05) is 60.7 Å². The van der Waals surface area contributed by atoms with Crippen LogP contribution in [-0.4, -0.2) is 41.1 Å². The summed E-state index contributed by atoms with van der Waals surface area (Å²) in [5.41, 5.74) is 3.72. The summed E-state index contributed by atoms with van der Waals surface area (Å²) in [7, 11) is 1.67. The van der Waals surface area contributed by atoms with Gasteiger partial charge < -0.3 is 29.7 Å². The van der Waals surface area contributed by atoms with Crippen molar-refractivity contribution in [1.82, 2.24) is 5.32 Å². The number of amides is 1. The number of carbonyl (C=O) groups is 2. The van der Waals surface area contributed by atoms with Crippen molar-refractivity contribution in [1.29, 1.82) is 0 Å². The zero-order valence-corrected chi connectivity index (χ0v) is 24.0. The summed E-state index contributed by atoms with van der Waals surface area (Å²) in [6, 6.07) is 23.6. The van der Waals surface area contributed by atoms with Crippen LogP contribution in [0.2, 0.25) is 0 Å². The van der Waals surface area contributed by atoms with Crippen LogP contribution in [0.25, 0.3) is 0 Å². The number of para-hydroxylation sites is 1. The average molecular weight is 580 g/mol. The second-order valence-corrected chi connectivity index (χ2v) is 11.0. The molecule has 1 aliphatic heterocycles. The number of rotatable bonds is 14. The Hall–Kier alpha value is -3.37. The molecule has 1 fully saturated rings. The van der Waals surface area contributed by atoms with Gasteiger partial charge in [0.25, 0.3) is 0 Å². The fourth-order valence-corrected chi connectivity index (χ4v) is 5.64. The quantitative estimate of drug-likeness (QED) is 0.163. The lowest BCUT2D eigenvalue weighted by atomic mass is 10.0. The van der Waals surface area contributed by atoms with E-state index in [4.69, 9.17) is 19.3 Å². The van der Waals surface area contributed by atoms with Crippen LogP contribution in [0.1, 0.15) is 66.8 Å². The summed E-state index contributed by atoms with van der Waals surface area (Å²) >= 11 is 1.69. The molecule has 218 valence electrons. The van der Waals surface area contributed by atoms with Crippen molar-refractivity contribution in [2.45, 2.75) is 68.6 Å². The topological polar surface area (TPSA) is 114 Å². The number of aliphatic hydroxyl groups is 1. The zero-order chi connectivity index (χ0) is 29.0. The fourth-order valence-electron chi connectivity index (χ4n) is 4.59. The summed E-state index contributed by atoms with van der Waals surface area (Å²) in [6.07, 6.45) is 1.30. The number of ether oxygens (including phenoxy) is 3. The van der Waals surface area contributed by atoms with Crippen molar-refractivity contribution in [3.05, 3.63) is 95.1 Å². The molecule has 1 saturated heterocycles. The second kappa shape index (κ2) is 15.6. The van der Waals surface area contributed by atoms with Gasteiger partial charge in [-0.25, -0.2) is 0 Å². The van der Waals surface area contributed by atoms with Crippen LogP contribution < -0.4 is 10.1 Å². The normalized spacial score (nSPS) is 18.5. The number of unbranched alkanes of at least 4 members (excludes halogenated alkanes) is 1. The number of aliphatic hydroxyl groups excluding tert-OH is 1. The van der Waals surface area contributed by atoms with Gasteiger partial charge in [-0.15, -0.1) is 11.8 Å².